The monoisotopic (exact) mass is 589 g/mol. The molecule has 0 bridgehead atoms. The van der Waals surface area contributed by atoms with Crippen molar-refractivity contribution in [3.8, 4) is 5.75 Å². The van der Waals surface area contributed by atoms with Crippen molar-refractivity contribution < 1.29 is 42.9 Å². The van der Waals surface area contributed by atoms with Gasteiger partial charge in [0.25, 0.3) is 0 Å². The van der Waals surface area contributed by atoms with Crippen LogP contribution in [0.1, 0.15) is 20.3 Å². The molecule has 0 radical (unpaired) electrons. The van der Waals surface area contributed by atoms with Gasteiger partial charge in [-0.2, -0.15) is 0 Å². The maximum atomic E-state index is 13.6. The minimum Gasteiger partial charge on any atom is -0.467 e. The Morgan fingerprint density at radius 3 is 2.51 bits per heavy atom. The van der Waals surface area contributed by atoms with E-state index in [2.05, 4.69) is 15.3 Å². The van der Waals surface area contributed by atoms with Gasteiger partial charge in [-0.3, -0.25) is 19.1 Å². The molecule has 3 heterocycles. The van der Waals surface area contributed by atoms with E-state index in [9.17, 15) is 19.2 Å². The minimum absolute atomic E-state index is 0.114. The third-order valence-electron chi connectivity index (χ3n) is 6.19. The molecule has 0 aliphatic carbocycles. The summed E-state index contributed by atoms with van der Waals surface area (Å²) in [4.78, 5) is 59.4. The molecular weight excluding hydrogens is 562 g/mol. The van der Waals surface area contributed by atoms with Crippen LogP contribution in [0.2, 0.25) is 5.02 Å². The number of nitrogens with zero attached hydrogens (tertiary/aromatic N) is 4. The van der Waals surface area contributed by atoms with E-state index < -0.39 is 48.5 Å². The molecular formula is C26H28ClN5O9. The number of methoxy groups -OCH3 is 1. The molecule has 2 aromatic heterocycles. The van der Waals surface area contributed by atoms with E-state index in [1.165, 1.54) is 41.9 Å². The van der Waals surface area contributed by atoms with E-state index in [1.807, 2.05) is 0 Å². The highest BCUT2D eigenvalue weighted by molar-refractivity contribution is 6.31. The van der Waals surface area contributed by atoms with Crippen molar-refractivity contribution in [1.29, 1.82) is 0 Å². The first-order valence-electron chi connectivity index (χ1n) is 12.4. The molecule has 0 unspecified atom stereocenters. The highest BCUT2D eigenvalue weighted by atomic mass is 35.5. The number of anilines is 2. The molecule has 41 heavy (non-hydrogen) atoms. The van der Waals surface area contributed by atoms with Crippen molar-refractivity contribution in [2.45, 2.75) is 44.9 Å². The van der Waals surface area contributed by atoms with Crippen molar-refractivity contribution in [2.75, 3.05) is 31.4 Å². The molecule has 1 aliphatic rings. The van der Waals surface area contributed by atoms with Crippen molar-refractivity contribution in [3.63, 3.8) is 0 Å². The smallest absolute Gasteiger partial charge is 0.339 e. The molecule has 4 atom stereocenters. The summed E-state index contributed by atoms with van der Waals surface area (Å²) in [6.45, 7) is 2.32. The summed E-state index contributed by atoms with van der Waals surface area (Å²) < 4.78 is 28.7. The number of carbonyl (C=O) groups is 4. The largest absolute Gasteiger partial charge is 0.467 e. The second-order valence-corrected chi connectivity index (χ2v) is 9.37. The Kier molecular flexibility index (Phi) is 8.93. The molecule has 1 aromatic carbocycles. The predicted octanol–water partition coefficient (Wildman–Crippen LogP) is 2.76. The van der Waals surface area contributed by atoms with Gasteiger partial charge in [-0.25, -0.2) is 19.6 Å². The van der Waals surface area contributed by atoms with E-state index in [-0.39, 0.29) is 17.9 Å². The van der Waals surface area contributed by atoms with Gasteiger partial charge in [0.2, 0.25) is 6.29 Å². The lowest BCUT2D eigenvalue weighted by Crippen LogP contribution is -2.56. The fourth-order valence-corrected chi connectivity index (χ4v) is 4.58. The summed E-state index contributed by atoms with van der Waals surface area (Å²) >= 11 is 6.27. The molecule has 0 spiro atoms. The lowest BCUT2D eigenvalue weighted by atomic mass is 10.0. The van der Waals surface area contributed by atoms with Crippen LogP contribution >= 0.6 is 11.6 Å². The lowest BCUT2D eigenvalue weighted by molar-refractivity contribution is -0.241. The van der Waals surface area contributed by atoms with Gasteiger partial charge < -0.3 is 29.0 Å². The van der Waals surface area contributed by atoms with Crippen LogP contribution in [0, 0.1) is 0 Å². The summed E-state index contributed by atoms with van der Waals surface area (Å²) in [6.07, 6.45) is -2.23. The highest BCUT2D eigenvalue weighted by Gasteiger charge is 2.48. The summed E-state index contributed by atoms with van der Waals surface area (Å²) in [5.41, 5.74) is 0.638. The van der Waals surface area contributed by atoms with Crippen LogP contribution in [-0.4, -0.2) is 84.3 Å². The number of aromatic nitrogens is 3. The molecule has 14 nitrogen and oxygen atoms in total. The average molecular weight is 590 g/mol. The second kappa shape index (κ2) is 12.4. The zero-order chi connectivity index (χ0) is 29.8. The van der Waals surface area contributed by atoms with Gasteiger partial charge in [0.15, 0.2) is 17.9 Å². The molecule has 1 aliphatic heterocycles. The molecule has 1 saturated heterocycles. The Morgan fingerprint density at radius 2 is 1.85 bits per heavy atom. The number of nitrogens with one attached hydrogen (secondary N) is 1. The number of hydrogen-bond donors (Lipinski definition) is 1. The maximum Gasteiger partial charge on any atom is 0.339 e. The van der Waals surface area contributed by atoms with Crippen LogP contribution in [0.3, 0.4) is 0 Å². The Balaban J connectivity index is 1.65. The molecule has 1 fully saturated rings. The number of rotatable bonds is 7. The van der Waals surface area contributed by atoms with Crippen LogP contribution in [0.5, 0.6) is 5.75 Å². The second-order valence-electron chi connectivity index (χ2n) is 8.93. The normalized spacial score (nSPS) is 20.1. The van der Waals surface area contributed by atoms with Crippen molar-refractivity contribution in [3.05, 3.63) is 41.8 Å². The fourth-order valence-electron chi connectivity index (χ4n) is 4.42. The van der Waals surface area contributed by atoms with Gasteiger partial charge in [0.1, 0.15) is 24.0 Å². The Morgan fingerprint density at radius 1 is 1.12 bits per heavy atom. The molecule has 4 rings (SSSR count). The number of ether oxygens (including phenoxy) is 5. The van der Waals surface area contributed by atoms with Crippen LogP contribution in [-0.2, 0) is 33.3 Å². The summed E-state index contributed by atoms with van der Waals surface area (Å²) in [7, 11) is 4.36. The van der Waals surface area contributed by atoms with Gasteiger partial charge in [-0.1, -0.05) is 11.6 Å². The van der Waals surface area contributed by atoms with E-state index in [0.717, 1.165) is 14.0 Å². The highest BCUT2D eigenvalue weighted by Crippen LogP contribution is 2.35. The van der Waals surface area contributed by atoms with Gasteiger partial charge in [0, 0.05) is 39.2 Å². The Hall–Kier alpha value is -4.43. The standard InChI is InChI=1S/C26H28ClN5O9/c1-13(33)38-19-11-20(41-22(25(35)37-5)21(19)39-14(2)34)40-18-7-6-15(27)10-17(18)31(4)26(36)32-9-8-16-23(28-3)29-12-30-24(16)32/h6-10,12,19-22H,11H2,1-5H3,(H,28,29,30)/t19-,20-,21+,22+/m1/s1. The quantitative estimate of drug-likeness (QED) is 0.317. The first-order valence-corrected chi connectivity index (χ1v) is 12.7. The Labute approximate surface area is 239 Å². The van der Waals surface area contributed by atoms with Crippen molar-refractivity contribution >= 4 is 58.1 Å². The van der Waals surface area contributed by atoms with Crippen molar-refractivity contribution in [2.24, 2.45) is 0 Å². The molecule has 3 aromatic rings. The summed E-state index contributed by atoms with van der Waals surface area (Å²) in [6, 6.07) is 5.80. The zero-order valence-corrected chi connectivity index (χ0v) is 23.6. The van der Waals surface area contributed by atoms with Gasteiger partial charge in [0.05, 0.1) is 24.6 Å². The third kappa shape index (κ3) is 6.33. The van der Waals surface area contributed by atoms with E-state index in [4.69, 9.17) is 35.3 Å². The summed E-state index contributed by atoms with van der Waals surface area (Å²) in [5.74, 6) is -1.53. The number of amides is 1. The maximum absolute atomic E-state index is 13.6. The summed E-state index contributed by atoms with van der Waals surface area (Å²) in [5, 5.41) is 3.91. The SMILES string of the molecule is CNc1ncnc2c1ccn2C(=O)N(C)c1cc(Cl)ccc1O[C@H]1C[C@@H](OC(C)=O)[C@H](OC(C)=O)[C@@H](C(=O)OC)O1. The van der Waals surface area contributed by atoms with Crippen LogP contribution in [0.4, 0.5) is 16.3 Å². The van der Waals surface area contributed by atoms with E-state index >= 15 is 0 Å². The van der Waals surface area contributed by atoms with Gasteiger partial charge >= 0.3 is 23.9 Å². The lowest BCUT2D eigenvalue weighted by Gasteiger charge is -2.39. The van der Waals surface area contributed by atoms with Gasteiger partial charge in [-0.15, -0.1) is 0 Å². The van der Waals surface area contributed by atoms with Crippen LogP contribution < -0.4 is 15.0 Å². The van der Waals surface area contributed by atoms with Crippen LogP contribution in [0.25, 0.3) is 11.0 Å². The number of carbonyl (C=O) groups excluding carboxylic acids is 4. The fraction of sp³-hybridized carbons (Fsp3) is 0.385. The first-order chi connectivity index (χ1) is 19.5. The van der Waals surface area contributed by atoms with E-state index in [0.29, 0.717) is 21.9 Å². The number of hydrogen-bond acceptors (Lipinski definition) is 12. The van der Waals surface area contributed by atoms with Gasteiger partial charge in [-0.05, 0) is 24.3 Å². The number of esters is 3. The third-order valence-corrected chi connectivity index (χ3v) is 6.43. The first kappa shape index (κ1) is 29.6. The Bertz CT molecular complexity index is 1480. The molecule has 1 amide bonds. The average Bonchev–Trinajstić information content (AvgIpc) is 3.37. The predicted molar refractivity (Wildman–Crippen MR) is 145 cm³/mol. The topological polar surface area (TPSA) is 160 Å². The molecule has 1 N–H and O–H groups in total. The van der Waals surface area contributed by atoms with Crippen LogP contribution in [0.15, 0.2) is 36.8 Å². The number of benzene rings is 1. The molecule has 0 saturated carbocycles. The number of halogens is 1. The zero-order valence-electron chi connectivity index (χ0n) is 22.8. The molecule has 15 heteroatoms. The number of fused-ring (bicyclic) bond motifs is 1. The molecule has 218 valence electrons. The minimum atomic E-state index is -1.46. The van der Waals surface area contributed by atoms with Crippen molar-refractivity contribution in [1.82, 2.24) is 14.5 Å². The van der Waals surface area contributed by atoms with E-state index in [1.54, 1.807) is 25.4 Å².